The number of amides is 1. The van der Waals surface area contributed by atoms with Crippen LogP contribution in [0.2, 0.25) is 0 Å². The van der Waals surface area contributed by atoms with Crippen LogP contribution in [0.25, 0.3) is 10.1 Å². The number of carbonyl (C=O) groups is 1. The van der Waals surface area contributed by atoms with Crippen molar-refractivity contribution >= 4 is 33.0 Å². The lowest BCUT2D eigenvalue weighted by Crippen LogP contribution is -2.42. The molecule has 2 N–H and O–H groups in total. The lowest BCUT2D eigenvalue weighted by Gasteiger charge is -2.18. The van der Waals surface area contributed by atoms with Crippen molar-refractivity contribution in [2.45, 2.75) is 44.7 Å². The Balaban J connectivity index is 1.61. The van der Waals surface area contributed by atoms with Gasteiger partial charge in [-0.25, -0.2) is 0 Å². The molecule has 1 saturated carbocycles. The molecule has 2 aromatic rings. The van der Waals surface area contributed by atoms with Crippen LogP contribution >= 0.6 is 11.3 Å². The maximum absolute atomic E-state index is 12.1. The van der Waals surface area contributed by atoms with Gasteiger partial charge in [-0.05, 0) is 54.8 Å². The first kappa shape index (κ1) is 13.4. The molecule has 1 amide bonds. The van der Waals surface area contributed by atoms with Crippen LogP contribution in [0.3, 0.4) is 0 Å². The van der Waals surface area contributed by atoms with E-state index in [-0.39, 0.29) is 11.9 Å². The molecule has 1 unspecified atom stereocenters. The molecule has 1 fully saturated rings. The third-order valence-electron chi connectivity index (χ3n) is 3.93. The highest BCUT2D eigenvalue weighted by molar-refractivity contribution is 7.17. The summed E-state index contributed by atoms with van der Waals surface area (Å²) in [4.78, 5) is 12.1. The Hall–Kier alpha value is -1.55. The van der Waals surface area contributed by atoms with E-state index >= 15 is 0 Å². The average Bonchev–Trinajstić information content (AvgIpc) is 3.08. The molecule has 0 saturated heterocycles. The highest BCUT2D eigenvalue weighted by Gasteiger charge is 2.20. The summed E-state index contributed by atoms with van der Waals surface area (Å²) in [5.74, 6) is 0.0994. The minimum atomic E-state index is -0.202. The molecule has 0 spiro atoms. The fraction of sp³-hybridized carbons (Fsp3) is 0.438. The van der Waals surface area contributed by atoms with Gasteiger partial charge in [-0.3, -0.25) is 4.79 Å². The molecule has 1 aliphatic carbocycles. The van der Waals surface area contributed by atoms with E-state index in [0.717, 1.165) is 18.5 Å². The van der Waals surface area contributed by atoms with Gasteiger partial charge in [0.15, 0.2) is 0 Å². The summed E-state index contributed by atoms with van der Waals surface area (Å²) < 4.78 is 1.28. The molecule has 1 heterocycles. The van der Waals surface area contributed by atoms with Crippen molar-refractivity contribution in [1.29, 1.82) is 0 Å². The Bertz CT molecular complexity index is 601. The molecule has 4 heteroatoms. The minimum absolute atomic E-state index is 0.0994. The van der Waals surface area contributed by atoms with E-state index < -0.39 is 0 Å². The largest absolute Gasteiger partial charge is 0.374 e. The standard InChI is InChI=1S/C16H20N2OS/c1-11(16(19)18-13-4-2-3-5-13)17-14-6-7-15-12(10-14)8-9-20-15/h6-11,13,17H,2-5H2,1H3,(H,18,19). The van der Waals surface area contributed by atoms with Crippen LogP contribution in [0.5, 0.6) is 0 Å². The highest BCUT2D eigenvalue weighted by atomic mass is 32.1. The number of hydrogen-bond acceptors (Lipinski definition) is 3. The smallest absolute Gasteiger partial charge is 0.242 e. The molecule has 3 rings (SSSR count). The van der Waals surface area contributed by atoms with Crippen molar-refractivity contribution in [3.8, 4) is 0 Å². The van der Waals surface area contributed by atoms with Gasteiger partial charge < -0.3 is 10.6 Å². The van der Waals surface area contributed by atoms with Crippen LogP contribution in [0.4, 0.5) is 5.69 Å². The van der Waals surface area contributed by atoms with Crippen molar-refractivity contribution in [2.24, 2.45) is 0 Å². The second-order valence-corrected chi connectivity index (χ2v) is 6.48. The van der Waals surface area contributed by atoms with Crippen LogP contribution in [0.15, 0.2) is 29.6 Å². The Morgan fingerprint density at radius 3 is 2.90 bits per heavy atom. The molecule has 0 aliphatic heterocycles. The Morgan fingerprint density at radius 1 is 1.30 bits per heavy atom. The highest BCUT2D eigenvalue weighted by Crippen LogP contribution is 2.24. The van der Waals surface area contributed by atoms with Gasteiger partial charge in [0, 0.05) is 16.4 Å². The number of fused-ring (bicyclic) bond motifs is 1. The average molecular weight is 288 g/mol. The summed E-state index contributed by atoms with van der Waals surface area (Å²) in [7, 11) is 0. The predicted molar refractivity (Wildman–Crippen MR) is 85.3 cm³/mol. The zero-order chi connectivity index (χ0) is 13.9. The topological polar surface area (TPSA) is 41.1 Å². The number of anilines is 1. The van der Waals surface area contributed by atoms with E-state index in [1.165, 1.54) is 22.9 Å². The fourth-order valence-electron chi connectivity index (χ4n) is 2.77. The van der Waals surface area contributed by atoms with Crippen molar-refractivity contribution in [3.05, 3.63) is 29.6 Å². The maximum atomic E-state index is 12.1. The van der Waals surface area contributed by atoms with Crippen molar-refractivity contribution < 1.29 is 4.79 Å². The van der Waals surface area contributed by atoms with Gasteiger partial charge in [-0.15, -0.1) is 11.3 Å². The van der Waals surface area contributed by atoms with Crippen LogP contribution in [0.1, 0.15) is 32.6 Å². The second-order valence-electron chi connectivity index (χ2n) is 5.53. The summed E-state index contributed by atoms with van der Waals surface area (Å²) in [5, 5.41) is 9.74. The molecule has 3 nitrogen and oxygen atoms in total. The first-order valence-corrected chi connectivity index (χ1v) is 8.14. The second kappa shape index (κ2) is 5.83. The van der Waals surface area contributed by atoms with Crippen molar-refractivity contribution in [2.75, 3.05) is 5.32 Å². The first-order valence-electron chi connectivity index (χ1n) is 7.26. The van der Waals surface area contributed by atoms with Crippen molar-refractivity contribution in [1.82, 2.24) is 5.32 Å². The molecular weight excluding hydrogens is 268 g/mol. The third-order valence-corrected chi connectivity index (χ3v) is 4.83. The van der Waals surface area contributed by atoms with Gasteiger partial charge in [0.05, 0.1) is 0 Å². The Labute approximate surface area is 123 Å². The zero-order valence-corrected chi connectivity index (χ0v) is 12.5. The fourth-order valence-corrected chi connectivity index (χ4v) is 3.54. The van der Waals surface area contributed by atoms with Gasteiger partial charge in [0.1, 0.15) is 6.04 Å². The Morgan fingerprint density at radius 2 is 2.10 bits per heavy atom. The van der Waals surface area contributed by atoms with Gasteiger partial charge in [-0.1, -0.05) is 12.8 Å². The maximum Gasteiger partial charge on any atom is 0.242 e. The van der Waals surface area contributed by atoms with Crippen LogP contribution in [-0.2, 0) is 4.79 Å². The summed E-state index contributed by atoms with van der Waals surface area (Å²) in [6.07, 6.45) is 4.72. The van der Waals surface area contributed by atoms with E-state index in [4.69, 9.17) is 0 Å². The van der Waals surface area contributed by atoms with E-state index in [9.17, 15) is 4.79 Å². The molecule has 106 valence electrons. The molecule has 0 radical (unpaired) electrons. The third kappa shape index (κ3) is 2.96. The van der Waals surface area contributed by atoms with Crippen LogP contribution in [0, 0.1) is 0 Å². The number of hydrogen-bond donors (Lipinski definition) is 2. The molecule has 1 aromatic carbocycles. The quantitative estimate of drug-likeness (QED) is 0.899. The molecule has 1 aromatic heterocycles. The van der Waals surface area contributed by atoms with Gasteiger partial charge >= 0.3 is 0 Å². The van der Waals surface area contributed by atoms with E-state index in [0.29, 0.717) is 6.04 Å². The summed E-state index contributed by atoms with van der Waals surface area (Å²) in [5.41, 5.74) is 1.00. The lowest BCUT2D eigenvalue weighted by atomic mass is 10.2. The van der Waals surface area contributed by atoms with E-state index in [1.807, 2.05) is 13.0 Å². The number of thiophene rings is 1. The molecule has 0 bridgehead atoms. The van der Waals surface area contributed by atoms with E-state index in [1.54, 1.807) is 11.3 Å². The van der Waals surface area contributed by atoms with Gasteiger partial charge in [0.25, 0.3) is 0 Å². The SMILES string of the molecule is CC(Nc1ccc2sccc2c1)C(=O)NC1CCCC1. The lowest BCUT2D eigenvalue weighted by molar-refractivity contribution is -0.122. The zero-order valence-electron chi connectivity index (χ0n) is 11.7. The van der Waals surface area contributed by atoms with Crippen LogP contribution < -0.4 is 10.6 Å². The van der Waals surface area contributed by atoms with Crippen LogP contribution in [-0.4, -0.2) is 18.0 Å². The molecular formula is C16H20N2OS. The Kier molecular flexibility index (Phi) is 3.92. The van der Waals surface area contributed by atoms with Gasteiger partial charge in [-0.2, -0.15) is 0 Å². The van der Waals surface area contributed by atoms with Gasteiger partial charge in [0.2, 0.25) is 5.91 Å². The summed E-state index contributed by atoms with van der Waals surface area (Å²) in [6.45, 7) is 1.92. The summed E-state index contributed by atoms with van der Waals surface area (Å²) in [6, 6.07) is 8.53. The number of benzene rings is 1. The number of carbonyl (C=O) groups excluding carboxylic acids is 1. The minimum Gasteiger partial charge on any atom is -0.374 e. The van der Waals surface area contributed by atoms with Crippen molar-refractivity contribution in [3.63, 3.8) is 0 Å². The molecule has 20 heavy (non-hydrogen) atoms. The number of nitrogens with one attached hydrogen (secondary N) is 2. The first-order chi connectivity index (χ1) is 9.72. The monoisotopic (exact) mass is 288 g/mol. The number of rotatable bonds is 4. The predicted octanol–water partition coefficient (Wildman–Crippen LogP) is 3.76. The molecule has 1 aliphatic rings. The summed E-state index contributed by atoms with van der Waals surface area (Å²) >= 11 is 1.74. The molecule has 1 atom stereocenters. The van der Waals surface area contributed by atoms with E-state index in [2.05, 4.69) is 34.2 Å². The normalized spacial score (nSPS) is 17.2.